The number of hydrazine groups is 1. The molecule has 10 heavy (non-hydrogen) atoms. The summed E-state index contributed by atoms with van der Waals surface area (Å²) < 4.78 is 0. The number of guanidine groups is 1. The SMILES string of the molecule is CO/N=C(\NC=O)N(C)N. The molecule has 0 radical (unpaired) electrons. The van der Waals surface area contributed by atoms with Gasteiger partial charge in [0.05, 0.1) is 0 Å². The Labute approximate surface area is 58.6 Å². The van der Waals surface area contributed by atoms with Crippen LogP contribution in [0.15, 0.2) is 5.16 Å². The standard InChI is InChI=1S/C4H10N4O2/c1-8(5)4(6-3-9)7-10-2/h3H,5H2,1-2H3,(H,6,7,9). The maximum atomic E-state index is 9.86. The number of hydrogen-bond donors (Lipinski definition) is 2. The van der Waals surface area contributed by atoms with E-state index in [1.807, 2.05) is 0 Å². The van der Waals surface area contributed by atoms with Crippen molar-refractivity contribution in [2.24, 2.45) is 11.0 Å². The van der Waals surface area contributed by atoms with Crippen LogP contribution in [0.4, 0.5) is 0 Å². The lowest BCUT2D eigenvalue weighted by atomic mass is 10.9. The Hall–Kier alpha value is -1.30. The van der Waals surface area contributed by atoms with Gasteiger partial charge < -0.3 is 4.84 Å². The maximum Gasteiger partial charge on any atom is 0.256 e. The molecule has 58 valence electrons. The fourth-order valence-electron chi connectivity index (χ4n) is 0.332. The predicted octanol–water partition coefficient (Wildman–Crippen LogP) is -1.54. The molecule has 6 heteroatoms. The normalized spacial score (nSPS) is 10.5. The molecule has 0 aromatic rings. The molecule has 0 heterocycles. The van der Waals surface area contributed by atoms with E-state index in [0.717, 1.165) is 5.01 Å². The van der Waals surface area contributed by atoms with Gasteiger partial charge in [-0.25, -0.2) is 5.84 Å². The first-order valence-corrected chi connectivity index (χ1v) is 2.52. The van der Waals surface area contributed by atoms with Crippen LogP contribution in [0.25, 0.3) is 0 Å². The first-order chi connectivity index (χ1) is 4.72. The van der Waals surface area contributed by atoms with Crippen LogP contribution in [0.5, 0.6) is 0 Å². The topological polar surface area (TPSA) is 80.0 Å². The Morgan fingerprint density at radius 3 is 2.80 bits per heavy atom. The maximum absolute atomic E-state index is 9.86. The summed E-state index contributed by atoms with van der Waals surface area (Å²) in [6, 6.07) is 0. The number of nitrogens with zero attached hydrogens (tertiary/aromatic N) is 2. The van der Waals surface area contributed by atoms with Gasteiger partial charge in [0.15, 0.2) is 0 Å². The van der Waals surface area contributed by atoms with Crippen LogP contribution in [0, 0.1) is 0 Å². The zero-order valence-electron chi connectivity index (χ0n) is 5.87. The molecule has 0 fully saturated rings. The van der Waals surface area contributed by atoms with Gasteiger partial charge in [-0.05, 0) is 5.16 Å². The molecule has 0 unspecified atom stereocenters. The molecule has 3 N–H and O–H groups in total. The first-order valence-electron chi connectivity index (χ1n) is 2.52. The van der Waals surface area contributed by atoms with Crippen molar-refractivity contribution >= 4 is 12.4 Å². The van der Waals surface area contributed by atoms with E-state index in [1.165, 1.54) is 14.2 Å². The van der Waals surface area contributed by atoms with Crippen molar-refractivity contribution in [2.75, 3.05) is 14.2 Å². The third-order valence-corrected chi connectivity index (χ3v) is 0.700. The summed E-state index contributed by atoms with van der Waals surface area (Å²) in [4.78, 5) is 14.2. The van der Waals surface area contributed by atoms with E-state index in [1.54, 1.807) is 0 Å². The molecule has 0 aliphatic rings. The number of nitrogens with two attached hydrogens (primary N) is 1. The van der Waals surface area contributed by atoms with Crippen LogP contribution in [0.3, 0.4) is 0 Å². The summed E-state index contributed by atoms with van der Waals surface area (Å²) in [6.45, 7) is 0. The van der Waals surface area contributed by atoms with Gasteiger partial charge in [-0.2, -0.15) is 0 Å². The Morgan fingerprint density at radius 1 is 1.90 bits per heavy atom. The summed E-state index contributed by atoms with van der Waals surface area (Å²) in [6.07, 6.45) is 0.460. The second-order valence-corrected chi connectivity index (χ2v) is 1.47. The van der Waals surface area contributed by atoms with Crippen molar-refractivity contribution in [1.29, 1.82) is 0 Å². The molecule has 0 saturated carbocycles. The minimum atomic E-state index is 0.150. The summed E-state index contributed by atoms with van der Waals surface area (Å²) in [5.74, 6) is 5.36. The van der Waals surface area contributed by atoms with Gasteiger partial charge in [0, 0.05) is 7.05 Å². The molecule has 0 aromatic carbocycles. The van der Waals surface area contributed by atoms with E-state index in [-0.39, 0.29) is 5.96 Å². The van der Waals surface area contributed by atoms with Crippen molar-refractivity contribution in [3.8, 4) is 0 Å². The van der Waals surface area contributed by atoms with Crippen LogP contribution < -0.4 is 11.2 Å². The number of nitrogens with one attached hydrogen (secondary N) is 1. The molecule has 0 atom stereocenters. The minimum Gasteiger partial charge on any atom is -0.396 e. The van der Waals surface area contributed by atoms with Crippen molar-refractivity contribution in [1.82, 2.24) is 10.3 Å². The Kier molecular flexibility index (Phi) is 3.97. The highest BCUT2D eigenvalue weighted by Gasteiger charge is 1.98. The highest BCUT2D eigenvalue weighted by atomic mass is 16.6. The van der Waals surface area contributed by atoms with E-state index in [4.69, 9.17) is 5.84 Å². The molecule has 0 bridgehead atoms. The Morgan fingerprint density at radius 2 is 2.50 bits per heavy atom. The highest BCUT2D eigenvalue weighted by molar-refractivity contribution is 5.87. The van der Waals surface area contributed by atoms with Gasteiger partial charge in [-0.3, -0.25) is 15.1 Å². The predicted molar refractivity (Wildman–Crippen MR) is 35.6 cm³/mol. The summed E-state index contributed by atoms with van der Waals surface area (Å²) >= 11 is 0. The van der Waals surface area contributed by atoms with Crippen molar-refractivity contribution in [2.45, 2.75) is 0 Å². The van der Waals surface area contributed by atoms with Gasteiger partial charge in [-0.1, -0.05) is 0 Å². The lowest BCUT2D eigenvalue weighted by molar-refractivity contribution is -0.108. The number of oxime groups is 1. The number of carbonyl (C=O) groups is 1. The second-order valence-electron chi connectivity index (χ2n) is 1.47. The molecular weight excluding hydrogens is 136 g/mol. The summed E-state index contributed by atoms with van der Waals surface area (Å²) in [5, 5.41) is 6.74. The lowest BCUT2D eigenvalue weighted by Gasteiger charge is -2.11. The molecule has 0 aromatic heterocycles. The van der Waals surface area contributed by atoms with Crippen LogP contribution >= 0.6 is 0 Å². The number of amides is 1. The number of carbonyl (C=O) groups excluding carboxylic acids is 1. The molecule has 1 amide bonds. The van der Waals surface area contributed by atoms with Gasteiger partial charge in [0.25, 0.3) is 5.96 Å². The average Bonchev–Trinajstić information content (AvgIpc) is 1.87. The molecule has 0 aliphatic heterocycles. The van der Waals surface area contributed by atoms with E-state index in [9.17, 15) is 4.79 Å². The highest BCUT2D eigenvalue weighted by Crippen LogP contribution is 1.74. The minimum absolute atomic E-state index is 0.150. The third kappa shape index (κ3) is 2.88. The molecular formula is C4H10N4O2. The van der Waals surface area contributed by atoms with Gasteiger partial charge in [0.2, 0.25) is 6.41 Å². The molecule has 6 nitrogen and oxygen atoms in total. The fourth-order valence-corrected chi connectivity index (χ4v) is 0.332. The van der Waals surface area contributed by atoms with Crippen LogP contribution in [-0.2, 0) is 9.63 Å². The molecule has 0 saturated heterocycles. The summed E-state index contributed by atoms with van der Waals surface area (Å²) in [7, 11) is 2.88. The molecule has 0 rings (SSSR count). The fraction of sp³-hybridized carbons (Fsp3) is 0.500. The van der Waals surface area contributed by atoms with Crippen molar-refractivity contribution in [3.63, 3.8) is 0 Å². The van der Waals surface area contributed by atoms with Gasteiger partial charge in [-0.15, -0.1) is 0 Å². The summed E-state index contributed by atoms with van der Waals surface area (Å²) in [5.41, 5.74) is 0. The van der Waals surface area contributed by atoms with Crippen LogP contribution in [0.1, 0.15) is 0 Å². The largest absolute Gasteiger partial charge is 0.396 e. The first kappa shape index (κ1) is 8.70. The lowest BCUT2D eigenvalue weighted by Crippen LogP contribution is -2.42. The average molecular weight is 146 g/mol. The zero-order valence-corrected chi connectivity index (χ0v) is 5.87. The van der Waals surface area contributed by atoms with Crippen LogP contribution in [0.2, 0.25) is 0 Å². The zero-order chi connectivity index (χ0) is 7.98. The van der Waals surface area contributed by atoms with Crippen molar-refractivity contribution in [3.05, 3.63) is 0 Å². The van der Waals surface area contributed by atoms with E-state index in [2.05, 4.69) is 15.3 Å². The second kappa shape index (κ2) is 4.57. The smallest absolute Gasteiger partial charge is 0.256 e. The number of rotatable bonds is 2. The van der Waals surface area contributed by atoms with Gasteiger partial charge >= 0.3 is 0 Å². The van der Waals surface area contributed by atoms with E-state index < -0.39 is 0 Å². The third-order valence-electron chi connectivity index (χ3n) is 0.700. The number of hydrogen-bond acceptors (Lipinski definition) is 4. The molecule has 0 aliphatic carbocycles. The van der Waals surface area contributed by atoms with Crippen LogP contribution in [-0.4, -0.2) is 31.5 Å². The Bertz CT molecular complexity index is 133. The van der Waals surface area contributed by atoms with Crippen molar-refractivity contribution < 1.29 is 9.63 Å². The van der Waals surface area contributed by atoms with Gasteiger partial charge in [0.1, 0.15) is 7.11 Å². The van der Waals surface area contributed by atoms with E-state index in [0.29, 0.717) is 6.41 Å². The molecule has 0 spiro atoms. The quantitative estimate of drug-likeness (QED) is 0.162. The monoisotopic (exact) mass is 146 g/mol. The Balaban J connectivity index is 3.96. The van der Waals surface area contributed by atoms with E-state index >= 15 is 0 Å².